The number of rotatable bonds is 4. The van der Waals surface area contributed by atoms with E-state index in [1.165, 1.54) is 0 Å². The van der Waals surface area contributed by atoms with Crippen LogP contribution in [0.15, 0.2) is 42.6 Å². The summed E-state index contributed by atoms with van der Waals surface area (Å²) in [7, 11) is 0. The molecule has 2 rings (SSSR count). The van der Waals surface area contributed by atoms with E-state index in [4.69, 9.17) is 4.74 Å². The summed E-state index contributed by atoms with van der Waals surface area (Å²) >= 11 is 2.16. The number of carbonyl (C=O) groups excluding carboxylic acids is 1. The number of pyridine rings is 1. The van der Waals surface area contributed by atoms with Gasteiger partial charge in [0, 0.05) is 15.3 Å². The monoisotopic (exact) mass is 368 g/mol. The maximum atomic E-state index is 12.0. The molecule has 0 aliphatic heterocycles. The number of hydrogen-bond acceptors (Lipinski definition) is 3. The molecule has 0 aliphatic carbocycles. The fourth-order valence-corrected chi connectivity index (χ4v) is 1.83. The molecule has 1 N–H and O–H groups in total. The molecule has 0 saturated heterocycles. The Morgan fingerprint density at radius 1 is 1.26 bits per heavy atom. The van der Waals surface area contributed by atoms with Crippen LogP contribution in [0.4, 0.5) is 5.82 Å². The lowest BCUT2D eigenvalue weighted by Crippen LogP contribution is -2.12. The Morgan fingerprint density at radius 3 is 2.58 bits per heavy atom. The van der Waals surface area contributed by atoms with E-state index >= 15 is 0 Å². The number of aromatic nitrogens is 1. The Bertz CT molecular complexity index is 553. The van der Waals surface area contributed by atoms with Crippen LogP contribution >= 0.6 is 22.6 Å². The van der Waals surface area contributed by atoms with Crippen molar-refractivity contribution in [3.63, 3.8) is 0 Å². The van der Waals surface area contributed by atoms with Crippen molar-refractivity contribution in [2.75, 3.05) is 11.9 Å². The molecular weight excluding hydrogens is 355 g/mol. The smallest absolute Gasteiger partial charge is 0.256 e. The molecule has 19 heavy (non-hydrogen) atoms. The summed E-state index contributed by atoms with van der Waals surface area (Å²) in [6.45, 7) is 2.53. The van der Waals surface area contributed by atoms with Crippen LogP contribution in [-0.4, -0.2) is 17.5 Å². The van der Waals surface area contributed by atoms with Crippen LogP contribution in [-0.2, 0) is 0 Å². The largest absolute Gasteiger partial charge is 0.494 e. The zero-order chi connectivity index (χ0) is 13.7. The van der Waals surface area contributed by atoms with Crippen LogP contribution in [0.2, 0.25) is 0 Å². The molecule has 0 bridgehead atoms. The van der Waals surface area contributed by atoms with Gasteiger partial charge in [-0.15, -0.1) is 0 Å². The summed E-state index contributed by atoms with van der Waals surface area (Å²) in [5.74, 6) is 1.11. The predicted octanol–water partition coefficient (Wildman–Crippen LogP) is 3.34. The second kappa shape index (κ2) is 6.51. The van der Waals surface area contributed by atoms with Crippen molar-refractivity contribution >= 4 is 34.3 Å². The minimum atomic E-state index is -0.184. The lowest BCUT2D eigenvalue weighted by Gasteiger charge is -2.06. The van der Waals surface area contributed by atoms with Gasteiger partial charge in [-0.3, -0.25) is 4.79 Å². The molecule has 1 amide bonds. The third kappa shape index (κ3) is 3.92. The van der Waals surface area contributed by atoms with E-state index in [-0.39, 0.29) is 5.91 Å². The molecule has 0 atom stereocenters. The maximum Gasteiger partial charge on any atom is 0.256 e. The molecule has 0 aliphatic rings. The SMILES string of the molecule is CCOc1ccc(C(=O)Nc2ccc(I)cn2)cc1. The van der Waals surface area contributed by atoms with Gasteiger partial charge in [0.1, 0.15) is 11.6 Å². The third-order valence-electron chi connectivity index (χ3n) is 2.40. The molecule has 2 aromatic rings. The van der Waals surface area contributed by atoms with Crippen LogP contribution in [0.5, 0.6) is 5.75 Å². The Kier molecular flexibility index (Phi) is 4.73. The van der Waals surface area contributed by atoms with Gasteiger partial charge in [0.05, 0.1) is 6.61 Å². The van der Waals surface area contributed by atoms with Gasteiger partial charge in [0.15, 0.2) is 0 Å². The third-order valence-corrected chi connectivity index (χ3v) is 3.03. The molecule has 1 heterocycles. The lowest BCUT2D eigenvalue weighted by molar-refractivity contribution is 0.102. The molecule has 0 saturated carbocycles. The highest BCUT2D eigenvalue weighted by Crippen LogP contribution is 2.14. The van der Waals surface area contributed by atoms with E-state index in [0.717, 1.165) is 9.32 Å². The topological polar surface area (TPSA) is 51.2 Å². The average molecular weight is 368 g/mol. The standard InChI is InChI=1S/C14H13IN2O2/c1-2-19-12-6-3-10(4-7-12)14(18)17-13-8-5-11(15)9-16-13/h3-9H,2H2,1H3,(H,16,17,18). The number of anilines is 1. The Labute approximate surface area is 125 Å². The first kappa shape index (κ1) is 13.8. The summed E-state index contributed by atoms with van der Waals surface area (Å²) in [5.41, 5.74) is 0.573. The Hall–Kier alpha value is -1.63. The highest BCUT2D eigenvalue weighted by atomic mass is 127. The molecule has 1 aromatic heterocycles. The average Bonchev–Trinajstić information content (AvgIpc) is 2.42. The van der Waals surface area contributed by atoms with Gasteiger partial charge in [-0.1, -0.05) is 0 Å². The quantitative estimate of drug-likeness (QED) is 0.843. The van der Waals surface area contributed by atoms with Crippen molar-refractivity contribution in [2.45, 2.75) is 6.92 Å². The number of hydrogen-bond donors (Lipinski definition) is 1. The van der Waals surface area contributed by atoms with Gasteiger partial charge < -0.3 is 10.1 Å². The van der Waals surface area contributed by atoms with Crippen LogP contribution in [0.3, 0.4) is 0 Å². The summed E-state index contributed by atoms with van der Waals surface area (Å²) in [4.78, 5) is 16.1. The molecule has 0 radical (unpaired) electrons. The second-order valence-corrected chi connectivity index (χ2v) is 5.02. The predicted molar refractivity (Wildman–Crippen MR) is 82.5 cm³/mol. The van der Waals surface area contributed by atoms with Gasteiger partial charge in [-0.2, -0.15) is 0 Å². The second-order valence-electron chi connectivity index (χ2n) is 3.77. The van der Waals surface area contributed by atoms with E-state index in [9.17, 15) is 4.79 Å². The number of carbonyl (C=O) groups is 1. The molecule has 98 valence electrons. The molecule has 0 fully saturated rings. The molecular formula is C14H13IN2O2. The van der Waals surface area contributed by atoms with Crippen molar-refractivity contribution in [3.05, 3.63) is 51.7 Å². The number of ether oxygens (including phenoxy) is 1. The molecule has 1 aromatic carbocycles. The number of amides is 1. The first-order valence-corrected chi connectivity index (χ1v) is 6.92. The normalized spacial score (nSPS) is 10.0. The summed E-state index contributed by atoms with van der Waals surface area (Å²) < 4.78 is 6.35. The minimum Gasteiger partial charge on any atom is -0.494 e. The maximum absolute atomic E-state index is 12.0. The number of halogens is 1. The van der Waals surface area contributed by atoms with E-state index in [1.807, 2.05) is 13.0 Å². The number of benzene rings is 1. The fraction of sp³-hybridized carbons (Fsp3) is 0.143. The van der Waals surface area contributed by atoms with Crippen LogP contribution in [0.1, 0.15) is 17.3 Å². The van der Waals surface area contributed by atoms with E-state index in [1.54, 1.807) is 36.5 Å². The zero-order valence-corrected chi connectivity index (χ0v) is 12.5. The number of nitrogens with one attached hydrogen (secondary N) is 1. The highest BCUT2D eigenvalue weighted by Gasteiger charge is 2.06. The summed E-state index contributed by atoms with van der Waals surface area (Å²) in [6.07, 6.45) is 1.70. The van der Waals surface area contributed by atoms with E-state index in [2.05, 4.69) is 32.9 Å². The Morgan fingerprint density at radius 2 is 2.00 bits per heavy atom. The summed E-state index contributed by atoms with van der Waals surface area (Å²) in [6, 6.07) is 10.7. The zero-order valence-electron chi connectivity index (χ0n) is 10.4. The molecule has 5 heteroatoms. The first-order chi connectivity index (χ1) is 9.19. The van der Waals surface area contributed by atoms with Gasteiger partial charge in [0.25, 0.3) is 5.91 Å². The van der Waals surface area contributed by atoms with Gasteiger partial charge in [0.2, 0.25) is 0 Å². The van der Waals surface area contributed by atoms with Gasteiger partial charge in [-0.25, -0.2) is 4.98 Å². The fourth-order valence-electron chi connectivity index (χ4n) is 1.51. The van der Waals surface area contributed by atoms with Crippen molar-refractivity contribution < 1.29 is 9.53 Å². The van der Waals surface area contributed by atoms with Gasteiger partial charge >= 0.3 is 0 Å². The van der Waals surface area contributed by atoms with Crippen molar-refractivity contribution in [1.29, 1.82) is 0 Å². The van der Waals surface area contributed by atoms with Crippen molar-refractivity contribution in [1.82, 2.24) is 4.98 Å². The highest BCUT2D eigenvalue weighted by molar-refractivity contribution is 14.1. The summed E-state index contributed by atoms with van der Waals surface area (Å²) in [5, 5.41) is 2.74. The van der Waals surface area contributed by atoms with Crippen molar-refractivity contribution in [2.24, 2.45) is 0 Å². The molecule has 4 nitrogen and oxygen atoms in total. The van der Waals surface area contributed by atoms with Gasteiger partial charge in [-0.05, 0) is 65.9 Å². The van der Waals surface area contributed by atoms with Crippen molar-refractivity contribution in [3.8, 4) is 5.75 Å². The first-order valence-electron chi connectivity index (χ1n) is 5.85. The lowest BCUT2D eigenvalue weighted by atomic mass is 10.2. The molecule has 0 unspecified atom stereocenters. The van der Waals surface area contributed by atoms with Crippen LogP contribution < -0.4 is 10.1 Å². The van der Waals surface area contributed by atoms with Crippen LogP contribution in [0.25, 0.3) is 0 Å². The van der Waals surface area contributed by atoms with E-state index in [0.29, 0.717) is 18.0 Å². The molecule has 0 spiro atoms. The minimum absolute atomic E-state index is 0.184. The van der Waals surface area contributed by atoms with E-state index < -0.39 is 0 Å². The van der Waals surface area contributed by atoms with Crippen LogP contribution in [0, 0.1) is 3.57 Å². The number of nitrogens with zero attached hydrogens (tertiary/aromatic N) is 1. The Balaban J connectivity index is 2.05.